The number of nitrogens with one attached hydrogen (secondary N) is 1. The molecule has 1 fully saturated rings. The molecule has 0 aromatic heterocycles. The number of anilines is 1. The number of halogens is 1. The van der Waals surface area contributed by atoms with Crippen LogP contribution < -0.4 is 10.2 Å². The Labute approximate surface area is 194 Å². The molecule has 1 unspecified atom stereocenters. The molecule has 1 saturated heterocycles. The first-order chi connectivity index (χ1) is 15.0. The van der Waals surface area contributed by atoms with Gasteiger partial charge in [0.15, 0.2) is 5.11 Å². The second-order valence-electron chi connectivity index (χ2n) is 8.01. The summed E-state index contributed by atoms with van der Waals surface area (Å²) in [6, 6.07) is 15.4. The number of benzodiazepines with no additional fused rings is 1. The molecule has 0 saturated carbocycles. The van der Waals surface area contributed by atoms with E-state index in [0.717, 1.165) is 48.5 Å². The van der Waals surface area contributed by atoms with Crippen LogP contribution in [0, 0.1) is 0 Å². The van der Waals surface area contributed by atoms with Crippen molar-refractivity contribution >= 4 is 46.2 Å². The fourth-order valence-corrected chi connectivity index (χ4v) is 4.59. The molecule has 1 amide bonds. The molecule has 2 aromatic rings. The normalized spacial score (nSPS) is 19.6. The maximum Gasteiger partial charge on any atom is 0.272 e. The van der Waals surface area contributed by atoms with Crippen molar-refractivity contribution in [1.82, 2.24) is 10.2 Å². The number of hydrogen-bond donors (Lipinski definition) is 1. The van der Waals surface area contributed by atoms with Crippen LogP contribution in [0.1, 0.15) is 43.2 Å². The van der Waals surface area contributed by atoms with Crippen LogP contribution in [0.15, 0.2) is 53.5 Å². The smallest absolute Gasteiger partial charge is 0.272 e. The zero-order valence-corrected chi connectivity index (χ0v) is 19.3. The molecule has 7 heteroatoms. The summed E-state index contributed by atoms with van der Waals surface area (Å²) in [6.07, 6.45) is 5.15. The lowest BCUT2D eigenvalue weighted by atomic mass is 10.0. The Morgan fingerprint density at radius 3 is 2.45 bits per heavy atom. The van der Waals surface area contributed by atoms with Crippen LogP contribution in [0.4, 0.5) is 5.69 Å². The van der Waals surface area contributed by atoms with Crippen molar-refractivity contribution < 1.29 is 4.79 Å². The predicted octanol–water partition coefficient (Wildman–Crippen LogP) is 4.62. The van der Waals surface area contributed by atoms with Crippen LogP contribution in [0.2, 0.25) is 5.02 Å². The van der Waals surface area contributed by atoms with Crippen molar-refractivity contribution in [3.8, 4) is 0 Å². The quantitative estimate of drug-likeness (QED) is 0.672. The maximum atomic E-state index is 13.4. The number of aliphatic imine (C=N–C) groups is 1. The van der Waals surface area contributed by atoms with E-state index >= 15 is 0 Å². The molecule has 0 spiro atoms. The third kappa shape index (κ3) is 4.91. The SMILES string of the molecule is CN1C(=O)C(NC(=S)N2CCCCCCC2)N=C(c2ccccc2)c2cc(Cl)ccc21. The average molecular weight is 455 g/mol. The highest BCUT2D eigenvalue weighted by molar-refractivity contribution is 7.80. The number of hydrogen-bond acceptors (Lipinski definition) is 3. The van der Waals surface area contributed by atoms with Crippen molar-refractivity contribution in [3.63, 3.8) is 0 Å². The minimum absolute atomic E-state index is 0.149. The number of thiocarbonyl (C=S) groups is 1. The lowest BCUT2D eigenvalue weighted by Gasteiger charge is -2.29. The predicted molar refractivity (Wildman–Crippen MR) is 131 cm³/mol. The zero-order valence-electron chi connectivity index (χ0n) is 17.7. The molecule has 5 nitrogen and oxygen atoms in total. The number of likely N-dealkylation sites (N-methyl/N-ethyl adjacent to an activating group) is 1. The highest BCUT2D eigenvalue weighted by atomic mass is 35.5. The van der Waals surface area contributed by atoms with Gasteiger partial charge in [0.2, 0.25) is 6.17 Å². The highest BCUT2D eigenvalue weighted by Crippen LogP contribution is 2.30. The first-order valence-corrected chi connectivity index (χ1v) is 11.6. The Kier molecular flexibility index (Phi) is 6.88. The van der Waals surface area contributed by atoms with Crippen LogP contribution in [0.5, 0.6) is 0 Å². The summed E-state index contributed by atoms with van der Waals surface area (Å²) >= 11 is 12.0. The van der Waals surface area contributed by atoms with Gasteiger partial charge in [-0.05, 0) is 43.3 Å². The van der Waals surface area contributed by atoms with Gasteiger partial charge < -0.3 is 15.1 Å². The second kappa shape index (κ2) is 9.79. The van der Waals surface area contributed by atoms with E-state index in [1.165, 1.54) is 19.3 Å². The summed E-state index contributed by atoms with van der Waals surface area (Å²) in [7, 11) is 1.77. The molecular weight excluding hydrogens is 428 g/mol. The number of benzene rings is 2. The number of likely N-dealkylation sites (tertiary alicyclic amines) is 1. The van der Waals surface area contributed by atoms with Crippen molar-refractivity contribution in [2.45, 2.75) is 38.3 Å². The molecule has 0 bridgehead atoms. The fraction of sp³-hybridized carbons (Fsp3) is 0.375. The summed E-state index contributed by atoms with van der Waals surface area (Å²) in [6.45, 7) is 1.82. The van der Waals surface area contributed by atoms with E-state index in [2.05, 4.69) is 10.2 Å². The summed E-state index contributed by atoms with van der Waals surface area (Å²) in [5, 5.41) is 4.45. The number of carbonyl (C=O) groups is 1. The Hall–Kier alpha value is -2.44. The highest BCUT2D eigenvalue weighted by Gasteiger charge is 2.31. The topological polar surface area (TPSA) is 47.9 Å². The summed E-state index contributed by atoms with van der Waals surface area (Å²) in [5.41, 5.74) is 3.26. The minimum atomic E-state index is -0.802. The molecule has 2 aliphatic rings. The Balaban J connectivity index is 1.70. The van der Waals surface area contributed by atoms with Crippen LogP contribution in [0.25, 0.3) is 0 Å². The molecular formula is C24H27ClN4OS. The van der Waals surface area contributed by atoms with Crippen LogP contribution >= 0.6 is 23.8 Å². The van der Waals surface area contributed by atoms with Gasteiger partial charge in [-0.2, -0.15) is 0 Å². The zero-order chi connectivity index (χ0) is 21.8. The molecule has 2 aliphatic heterocycles. The molecule has 0 aliphatic carbocycles. The Bertz CT molecular complexity index is 986. The lowest BCUT2D eigenvalue weighted by Crippen LogP contribution is -2.51. The molecule has 2 heterocycles. The van der Waals surface area contributed by atoms with E-state index < -0.39 is 6.17 Å². The molecule has 4 rings (SSSR count). The number of amides is 1. The number of rotatable bonds is 2. The summed E-state index contributed by atoms with van der Waals surface area (Å²) < 4.78 is 0. The molecule has 31 heavy (non-hydrogen) atoms. The van der Waals surface area contributed by atoms with Crippen molar-refractivity contribution in [2.24, 2.45) is 4.99 Å². The van der Waals surface area contributed by atoms with Crippen molar-refractivity contribution in [1.29, 1.82) is 0 Å². The van der Waals surface area contributed by atoms with E-state index in [9.17, 15) is 4.79 Å². The average Bonchev–Trinajstić information content (AvgIpc) is 2.84. The van der Waals surface area contributed by atoms with Gasteiger partial charge in [-0.25, -0.2) is 4.99 Å². The van der Waals surface area contributed by atoms with Gasteiger partial charge in [0.25, 0.3) is 5.91 Å². The van der Waals surface area contributed by atoms with E-state index in [1.54, 1.807) is 18.0 Å². The van der Waals surface area contributed by atoms with E-state index in [4.69, 9.17) is 28.8 Å². The minimum Gasteiger partial charge on any atom is -0.349 e. The largest absolute Gasteiger partial charge is 0.349 e. The Morgan fingerprint density at radius 2 is 1.74 bits per heavy atom. The van der Waals surface area contributed by atoms with Gasteiger partial charge in [0, 0.05) is 36.3 Å². The standard InChI is InChI=1S/C24H27ClN4OS/c1-28-20-13-12-18(25)16-19(20)21(17-10-6-5-7-11-17)26-22(23(28)30)27-24(31)29-14-8-3-2-4-9-15-29/h5-7,10-13,16,22H,2-4,8-9,14-15H2,1H3,(H,27,31). The van der Waals surface area contributed by atoms with Crippen LogP contribution in [-0.2, 0) is 4.79 Å². The van der Waals surface area contributed by atoms with Gasteiger partial charge in [-0.3, -0.25) is 4.79 Å². The van der Waals surface area contributed by atoms with Crippen molar-refractivity contribution in [2.75, 3.05) is 25.0 Å². The summed E-state index contributed by atoms with van der Waals surface area (Å²) in [4.78, 5) is 22.0. The Morgan fingerprint density at radius 1 is 1.06 bits per heavy atom. The van der Waals surface area contributed by atoms with Gasteiger partial charge in [-0.1, -0.05) is 61.2 Å². The number of carbonyl (C=O) groups excluding carboxylic acids is 1. The maximum absolute atomic E-state index is 13.4. The number of nitrogens with zero attached hydrogens (tertiary/aromatic N) is 3. The van der Waals surface area contributed by atoms with Crippen LogP contribution in [-0.4, -0.2) is 47.9 Å². The van der Waals surface area contributed by atoms with Gasteiger partial charge in [0.05, 0.1) is 11.4 Å². The molecule has 2 aromatic carbocycles. The monoisotopic (exact) mass is 454 g/mol. The summed E-state index contributed by atoms with van der Waals surface area (Å²) in [5.74, 6) is -0.149. The van der Waals surface area contributed by atoms with Gasteiger partial charge in [0.1, 0.15) is 0 Å². The third-order valence-corrected chi connectivity index (χ3v) is 6.46. The first-order valence-electron chi connectivity index (χ1n) is 10.8. The first kappa shape index (κ1) is 21.8. The van der Waals surface area contributed by atoms with Crippen molar-refractivity contribution in [3.05, 3.63) is 64.7 Å². The lowest BCUT2D eigenvalue weighted by molar-refractivity contribution is -0.119. The van der Waals surface area contributed by atoms with Crippen LogP contribution in [0.3, 0.4) is 0 Å². The molecule has 1 atom stereocenters. The third-order valence-electron chi connectivity index (χ3n) is 5.85. The molecule has 162 valence electrons. The van der Waals surface area contributed by atoms with E-state index in [0.29, 0.717) is 10.1 Å². The van der Waals surface area contributed by atoms with Gasteiger partial charge >= 0.3 is 0 Å². The molecule has 0 radical (unpaired) electrons. The van der Waals surface area contributed by atoms with Gasteiger partial charge in [-0.15, -0.1) is 0 Å². The van der Waals surface area contributed by atoms with E-state index in [-0.39, 0.29) is 5.91 Å². The van der Waals surface area contributed by atoms with E-state index in [1.807, 2.05) is 42.5 Å². The second-order valence-corrected chi connectivity index (χ2v) is 8.83. The fourth-order valence-electron chi connectivity index (χ4n) is 4.13. The molecule has 1 N–H and O–H groups in total. The number of fused-ring (bicyclic) bond motifs is 1.